The first-order valence-electron chi connectivity index (χ1n) is 5.24. The second-order valence-corrected chi connectivity index (χ2v) is 3.74. The Morgan fingerprint density at radius 3 is 0.767 bits per heavy atom. The van der Waals surface area contributed by atoms with Gasteiger partial charge in [0.2, 0.25) is 0 Å². The average molecular weight is 523 g/mol. The van der Waals surface area contributed by atoms with E-state index in [1.165, 1.54) is 0 Å². The molecule has 0 atom stereocenters. The number of carbonyl (C=O) groups is 2. The van der Waals surface area contributed by atoms with Crippen molar-refractivity contribution in [2.45, 2.75) is 24.7 Å². The van der Waals surface area contributed by atoms with Gasteiger partial charge in [-0.05, 0) is 23.7 Å². The summed E-state index contributed by atoms with van der Waals surface area (Å²) >= 11 is 0. The molecule has 20 heteroatoms. The molecule has 0 amide bonds. The summed E-state index contributed by atoms with van der Waals surface area (Å²) in [5.74, 6) is -11.3. The molecule has 0 aromatic rings. The van der Waals surface area contributed by atoms with Crippen LogP contribution in [0.2, 0.25) is 0 Å². The number of halogens is 12. The third-order valence-corrected chi connectivity index (χ3v) is 1.64. The van der Waals surface area contributed by atoms with E-state index in [2.05, 4.69) is 0 Å². The number of hydrogen-bond acceptors (Lipinski definition) is 4. The second-order valence-electron chi connectivity index (χ2n) is 3.74. The maximum atomic E-state index is 11.3. The van der Waals surface area contributed by atoms with Gasteiger partial charge in [-0.2, -0.15) is 52.7 Å². The van der Waals surface area contributed by atoms with Crippen molar-refractivity contribution in [3.63, 3.8) is 0 Å². The summed E-state index contributed by atoms with van der Waals surface area (Å²) in [6.45, 7) is 0. The average Bonchev–Trinajstić information content (AvgIpc) is 2.34. The molecule has 0 saturated carbocycles. The molecule has 0 aromatic carbocycles. The van der Waals surface area contributed by atoms with Crippen LogP contribution in [0.3, 0.4) is 0 Å². The Morgan fingerprint density at radius 1 is 0.500 bits per heavy atom. The van der Waals surface area contributed by atoms with Gasteiger partial charge in [0.05, 0.1) is 0 Å². The van der Waals surface area contributed by atoms with E-state index in [-0.39, 0.29) is 33.5 Å². The number of ketones is 2. The van der Waals surface area contributed by atoms with Crippen molar-refractivity contribution in [3.05, 3.63) is 23.7 Å². The molecule has 0 rings (SSSR count). The van der Waals surface area contributed by atoms with Crippen LogP contribution in [-0.4, -0.2) is 52.7 Å². The fraction of sp³-hybridized carbons (Fsp3) is 0.400. The first-order valence-corrected chi connectivity index (χ1v) is 5.24. The number of allylic oxidation sites excluding steroid dienone is 4. The van der Waals surface area contributed by atoms with Crippen LogP contribution in [0.15, 0.2) is 23.7 Å². The molecule has 0 aliphatic rings. The molecular formula is C10H8F12MnO7. The number of hydrogen-bond donors (Lipinski definition) is 0. The van der Waals surface area contributed by atoms with E-state index in [0.29, 0.717) is 0 Å². The van der Waals surface area contributed by atoms with E-state index < -0.39 is 59.9 Å². The van der Waals surface area contributed by atoms with Gasteiger partial charge < -0.3 is 26.6 Å². The van der Waals surface area contributed by atoms with Crippen LogP contribution >= 0.6 is 0 Å². The van der Waals surface area contributed by atoms with Crippen LogP contribution in [0.1, 0.15) is 0 Å². The Labute approximate surface area is 167 Å². The fourth-order valence-corrected chi connectivity index (χ4v) is 0.565. The molecule has 0 heterocycles. The molecule has 6 N–H and O–H groups in total. The van der Waals surface area contributed by atoms with Gasteiger partial charge in [0.25, 0.3) is 11.6 Å². The van der Waals surface area contributed by atoms with Gasteiger partial charge in [0.15, 0.2) is 0 Å². The van der Waals surface area contributed by atoms with Crippen molar-refractivity contribution in [2.75, 3.05) is 0 Å². The first-order chi connectivity index (χ1) is 11.1. The predicted molar refractivity (Wildman–Crippen MR) is 61.2 cm³/mol. The van der Waals surface area contributed by atoms with Crippen LogP contribution in [0.5, 0.6) is 0 Å². The van der Waals surface area contributed by atoms with Crippen LogP contribution < -0.4 is 10.2 Å². The van der Waals surface area contributed by atoms with E-state index in [4.69, 9.17) is 0 Å². The molecule has 0 fully saturated rings. The van der Waals surface area contributed by atoms with Crippen molar-refractivity contribution in [2.24, 2.45) is 0 Å². The van der Waals surface area contributed by atoms with Gasteiger partial charge in [-0.1, -0.05) is 0 Å². The topological polar surface area (TPSA) is 175 Å². The van der Waals surface area contributed by atoms with Crippen molar-refractivity contribution in [1.82, 2.24) is 0 Å². The Morgan fingerprint density at radius 2 is 0.667 bits per heavy atom. The fourth-order valence-electron chi connectivity index (χ4n) is 0.565. The van der Waals surface area contributed by atoms with Crippen molar-refractivity contribution < 1.29 is 106 Å². The largest absolute Gasteiger partial charge is 2.00 e. The first kappa shape index (κ1) is 42.2. The minimum Gasteiger partial charge on any atom is -0.869 e. The standard InChI is InChI=1S/2C5H2F6O2.Mn.3H2O/c2*6-4(7,8)2(12)1-3(13)5(9,10)11;;;;/h2*1,12H;;3*1H2/q;;+2;;;/p-2. The summed E-state index contributed by atoms with van der Waals surface area (Å²) in [5, 5.41) is 19.6. The summed E-state index contributed by atoms with van der Waals surface area (Å²) in [4.78, 5) is 19.6. The number of carbonyl (C=O) groups excluding carboxylic acids is 2. The summed E-state index contributed by atoms with van der Waals surface area (Å²) in [7, 11) is 0. The summed E-state index contributed by atoms with van der Waals surface area (Å²) in [6.07, 6.45) is -23.9. The van der Waals surface area contributed by atoms with Crippen molar-refractivity contribution in [3.8, 4) is 0 Å². The zero-order valence-electron chi connectivity index (χ0n) is 13.2. The van der Waals surface area contributed by atoms with Crippen LogP contribution in [0.4, 0.5) is 52.7 Å². The molecule has 1 radical (unpaired) electrons. The monoisotopic (exact) mass is 523 g/mol. The molecule has 0 aliphatic carbocycles. The van der Waals surface area contributed by atoms with E-state index >= 15 is 0 Å². The van der Waals surface area contributed by atoms with E-state index in [9.17, 15) is 72.5 Å². The zero-order chi connectivity index (χ0) is 21.7. The molecule has 0 bridgehead atoms. The zero-order valence-corrected chi connectivity index (χ0v) is 14.4. The smallest absolute Gasteiger partial charge is 0.869 e. The summed E-state index contributed by atoms with van der Waals surface area (Å²) in [6, 6.07) is 0. The Hall–Kier alpha value is -2.02. The minimum absolute atomic E-state index is 0. The predicted octanol–water partition coefficient (Wildman–Crippen LogP) is -0.628. The third-order valence-electron chi connectivity index (χ3n) is 1.64. The maximum Gasteiger partial charge on any atom is 2.00 e. The number of alkyl halides is 12. The Kier molecular flexibility index (Phi) is 19.8. The molecule has 7 nitrogen and oxygen atoms in total. The van der Waals surface area contributed by atoms with Gasteiger partial charge in [0.1, 0.15) is 0 Å². The van der Waals surface area contributed by atoms with Crippen molar-refractivity contribution in [1.29, 1.82) is 0 Å². The van der Waals surface area contributed by atoms with Gasteiger partial charge >= 0.3 is 41.8 Å². The second kappa shape index (κ2) is 14.1. The molecule has 0 aliphatic heterocycles. The molecule has 181 valence electrons. The Balaban J connectivity index is -0.0000000847. The summed E-state index contributed by atoms with van der Waals surface area (Å²) < 4.78 is 136. The normalized spacial score (nSPS) is 12.5. The van der Waals surface area contributed by atoms with E-state index in [1.54, 1.807) is 0 Å². The van der Waals surface area contributed by atoms with Crippen LogP contribution in [0.25, 0.3) is 0 Å². The van der Waals surface area contributed by atoms with Gasteiger partial charge in [-0.15, -0.1) is 0 Å². The summed E-state index contributed by atoms with van der Waals surface area (Å²) in [5.41, 5.74) is 0. The molecule has 0 saturated heterocycles. The maximum absolute atomic E-state index is 11.3. The molecular weight excluding hydrogens is 515 g/mol. The number of rotatable bonds is 2. The van der Waals surface area contributed by atoms with Gasteiger partial charge in [0, 0.05) is 0 Å². The van der Waals surface area contributed by atoms with Crippen molar-refractivity contribution >= 4 is 11.6 Å². The molecule has 0 spiro atoms. The van der Waals surface area contributed by atoms with Crippen LogP contribution in [0, 0.1) is 0 Å². The SMILES string of the molecule is O.O.O.O=C(C=C([O-])C(F)(F)F)C(F)(F)F.O=C(C=C([O-])C(F)(F)F)C(F)(F)F.[Mn+2]. The molecule has 0 aromatic heterocycles. The minimum atomic E-state index is -5.46. The molecule has 0 unspecified atom stereocenters. The molecule has 30 heavy (non-hydrogen) atoms. The van der Waals surface area contributed by atoms with Gasteiger partial charge in [-0.3, -0.25) is 9.59 Å². The van der Waals surface area contributed by atoms with Gasteiger partial charge in [-0.25, -0.2) is 0 Å². The third kappa shape index (κ3) is 18.0. The Bertz CT molecular complexity index is 534. The quantitative estimate of drug-likeness (QED) is 0.203. The van der Waals surface area contributed by atoms with Crippen LogP contribution in [-0.2, 0) is 26.7 Å². The van der Waals surface area contributed by atoms with E-state index in [0.717, 1.165) is 0 Å². The van der Waals surface area contributed by atoms with E-state index in [1.807, 2.05) is 0 Å².